The molecule has 5 heteroatoms. The molecule has 19 heavy (non-hydrogen) atoms. The third kappa shape index (κ3) is 2.10. The summed E-state index contributed by atoms with van der Waals surface area (Å²) in [4.78, 5) is 11.3. The minimum Gasteiger partial charge on any atom is -0.362 e. The molecule has 5 nitrogen and oxygen atoms in total. The van der Waals surface area contributed by atoms with Crippen LogP contribution >= 0.6 is 0 Å². The van der Waals surface area contributed by atoms with E-state index in [1.807, 2.05) is 26.2 Å². The van der Waals surface area contributed by atoms with Gasteiger partial charge in [-0.2, -0.15) is 0 Å². The highest BCUT2D eigenvalue weighted by Crippen LogP contribution is 2.26. The molecule has 1 aliphatic heterocycles. The lowest BCUT2D eigenvalue weighted by Crippen LogP contribution is -2.34. The van der Waals surface area contributed by atoms with Gasteiger partial charge in [0.2, 0.25) is 0 Å². The highest BCUT2D eigenvalue weighted by Gasteiger charge is 2.20. The van der Waals surface area contributed by atoms with Gasteiger partial charge in [-0.3, -0.25) is 4.98 Å². The number of imidazole rings is 1. The fourth-order valence-electron chi connectivity index (χ4n) is 2.75. The Morgan fingerprint density at radius 1 is 1.32 bits per heavy atom. The van der Waals surface area contributed by atoms with E-state index < -0.39 is 0 Å². The van der Waals surface area contributed by atoms with Crippen LogP contribution in [0.25, 0.3) is 0 Å². The molecule has 1 aliphatic rings. The summed E-state index contributed by atoms with van der Waals surface area (Å²) in [7, 11) is 0. The van der Waals surface area contributed by atoms with Crippen LogP contribution in [-0.4, -0.2) is 21.1 Å². The zero-order chi connectivity index (χ0) is 13.4. The van der Waals surface area contributed by atoms with Gasteiger partial charge in [0.1, 0.15) is 5.82 Å². The third-order valence-electron chi connectivity index (χ3n) is 3.73. The predicted octanol–water partition coefficient (Wildman–Crippen LogP) is 1.37. The second-order valence-electron chi connectivity index (χ2n) is 5.01. The molecule has 0 radical (unpaired) electrons. The van der Waals surface area contributed by atoms with Crippen molar-refractivity contribution in [1.29, 1.82) is 0 Å². The normalized spacial score (nSPS) is 14.6. The Kier molecular flexibility index (Phi) is 2.98. The number of rotatable bonds is 2. The van der Waals surface area contributed by atoms with Gasteiger partial charge < -0.3 is 15.2 Å². The molecule has 0 aliphatic carbocycles. The van der Waals surface area contributed by atoms with Crippen molar-refractivity contribution in [2.45, 2.75) is 33.5 Å². The van der Waals surface area contributed by atoms with Crippen LogP contribution in [0.15, 0.2) is 18.5 Å². The number of aryl methyl sites for hydroxylation is 2. The maximum Gasteiger partial charge on any atom is 0.128 e. The highest BCUT2D eigenvalue weighted by atomic mass is 15.2. The third-order valence-corrected chi connectivity index (χ3v) is 3.73. The van der Waals surface area contributed by atoms with Crippen LogP contribution < -0.4 is 10.6 Å². The van der Waals surface area contributed by atoms with Gasteiger partial charge in [-0.15, -0.1) is 0 Å². The predicted molar refractivity (Wildman–Crippen MR) is 74.9 cm³/mol. The van der Waals surface area contributed by atoms with Gasteiger partial charge >= 0.3 is 0 Å². The Morgan fingerprint density at radius 2 is 2.16 bits per heavy atom. The molecule has 0 fully saturated rings. The molecule has 0 saturated heterocycles. The Balaban J connectivity index is 1.99. The van der Waals surface area contributed by atoms with E-state index in [1.165, 1.54) is 5.69 Å². The monoisotopic (exact) mass is 257 g/mol. The first-order chi connectivity index (χ1) is 9.19. The molecule has 0 saturated carbocycles. The van der Waals surface area contributed by atoms with Crippen molar-refractivity contribution in [2.75, 3.05) is 11.4 Å². The Labute approximate surface area is 113 Å². The largest absolute Gasteiger partial charge is 0.362 e. The van der Waals surface area contributed by atoms with Crippen molar-refractivity contribution in [2.24, 2.45) is 5.73 Å². The molecule has 0 unspecified atom stereocenters. The summed E-state index contributed by atoms with van der Waals surface area (Å²) in [5.74, 6) is 1.11. The van der Waals surface area contributed by atoms with Crippen LogP contribution in [0.5, 0.6) is 0 Å². The van der Waals surface area contributed by atoms with Crippen molar-refractivity contribution < 1.29 is 0 Å². The fourth-order valence-corrected chi connectivity index (χ4v) is 2.75. The summed E-state index contributed by atoms with van der Waals surface area (Å²) in [5, 5.41) is 0. The summed E-state index contributed by atoms with van der Waals surface area (Å²) in [6.07, 6.45) is 3.91. The van der Waals surface area contributed by atoms with Gasteiger partial charge in [-0.05, 0) is 19.9 Å². The van der Waals surface area contributed by atoms with E-state index in [9.17, 15) is 0 Å². The number of nitrogens with two attached hydrogens (primary N) is 1. The lowest BCUT2D eigenvalue weighted by Gasteiger charge is -2.31. The smallest absolute Gasteiger partial charge is 0.128 e. The van der Waals surface area contributed by atoms with E-state index in [2.05, 4.69) is 25.5 Å². The molecule has 0 amide bonds. The summed E-state index contributed by atoms with van der Waals surface area (Å²) >= 11 is 0. The van der Waals surface area contributed by atoms with Crippen molar-refractivity contribution in [3.8, 4) is 0 Å². The van der Waals surface area contributed by atoms with Crippen molar-refractivity contribution in [3.05, 3.63) is 41.2 Å². The molecule has 0 atom stereocenters. The molecular formula is C14H19N5. The molecule has 2 N–H and O–H groups in total. The number of fused-ring (bicyclic) bond motifs is 1. The summed E-state index contributed by atoms with van der Waals surface area (Å²) < 4.78 is 2.21. The van der Waals surface area contributed by atoms with Crippen LogP contribution in [0.4, 0.5) is 5.69 Å². The number of hydrogen-bond donors (Lipinski definition) is 1. The standard InChI is InChI=1S/C14H19N5/c1-10-7-13(12(8-15)11(2)17-10)19-6-5-18-4-3-16-14(18)9-19/h3-4,7H,5-6,8-9,15H2,1-2H3. The number of aromatic nitrogens is 3. The summed E-state index contributed by atoms with van der Waals surface area (Å²) in [6.45, 7) is 7.38. The molecule has 3 heterocycles. The van der Waals surface area contributed by atoms with Crippen LogP contribution in [0.3, 0.4) is 0 Å². The lowest BCUT2D eigenvalue weighted by atomic mass is 10.1. The average molecular weight is 257 g/mol. The number of pyridine rings is 1. The van der Waals surface area contributed by atoms with Crippen molar-refractivity contribution >= 4 is 5.69 Å². The highest BCUT2D eigenvalue weighted by molar-refractivity contribution is 5.56. The van der Waals surface area contributed by atoms with Crippen LogP contribution in [-0.2, 0) is 19.6 Å². The molecule has 100 valence electrons. The SMILES string of the molecule is Cc1cc(N2CCn3ccnc3C2)c(CN)c(C)n1. The molecular weight excluding hydrogens is 238 g/mol. The van der Waals surface area contributed by atoms with Crippen LogP contribution in [0, 0.1) is 13.8 Å². The van der Waals surface area contributed by atoms with Gasteiger partial charge in [0.05, 0.1) is 6.54 Å². The van der Waals surface area contributed by atoms with E-state index in [1.54, 1.807) is 0 Å². The topological polar surface area (TPSA) is 60.0 Å². The lowest BCUT2D eigenvalue weighted by molar-refractivity contribution is 0.558. The maximum absolute atomic E-state index is 5.90. The first kappa shape index (κ1) is 12.2. The molecule has 3 rings (SSSR count). The van der Waals surface area contributed by atoms with E-state index in [0.717, 1.165) is 42.4 Å². The zero-order valence-corrected chi connectivity index (χ0v) is 11.4. The van der Waals surface area contributed by atoms with E-state index in [-0.39, 0.29) is 0 Å². The van der Waals surface area contributed by atoms with E-state index in [0.29, 0.717) is 6.54 Å². The minimum atomic E-state index is 0.527. The average Bonchev–Trinajstić information content (AvgIpc) is 2.85. The van der Waals surface area contributed by atoms with Crippen LogP contribution in [0.1, 0.15) is 22.8 Å². The first-order valence-electron chi connectivity index (χ1n) is 6.61. The molecule has 0 aromatic carbocycles. The first-order valence-corrected chi connectivity index (χ1v) is 6.61. The molecule has 2 aromatic heterocycles. The second-order valence-corrected chi connectivity index (χ2v) is 5.01. The van der Waals surface area contributed by atoms with Gasteiger partial charge in [0, 0.05) is 54.7 Å². The number of hydrogen-bond acceptors (Lipinski definition) is 4. The maximum atomic E-state index is 5.90. The second kappa shape index (κ2) is 4.66. The Morgan fingerprint density at radius 3 is 2.95 bits per heavy atom. The van der Waals surface area contributed by atoms with Gasteiger partial charge in [0.15, 0.2) is 0 Å². The Bertz CT molecular complexity index is 602. The summed E-state index contributed by atoms with van der Waals surface area (Å²) in [6, 6.07) is 2.13. The van der Waals surface area contributed by atoms with Gasteiger partial charge in [-0.1, -0.05) is 0 Å². The molecule has 0 spiro atoms. The van der Waals surface area contributed by atoms with Gasteiger partial charge in [-0.25, -0.2) is 4.98 Å². The van der Waals surface area contributed by atoms with E-state index in [4.69, 9.17) is 5.73 Å². The fraction of sp³-hybridized carbons (Fsp3) is 0.429. The van der Waals surface area contributed by atoms with Crippen LogP contribution in [0.2, 0.25) is 0 Å². The van der Waals surface area contributed by atoms with Crippen molar-refractivity contribution in [3.63, 3.8) is 0 Å². The number of anilines is 1. The minimum absolute atomic E-state index is 0.527. The Hall–Kier alpha value is -1.88. The summed E-state index contributed by atoms with van der Waals surface area (Å²) in [5.41, 5.74) is 10.3. The molecule has 2 aromatic rings. The quantitative estimate of drug-likeness (QED) is 0.883. The van der Waals surface area contributed by atoms with Crippen molar-refractivity contribution in [1.82, 2.24) is 14.5 Å². The zero-order valence-electron chi connectivity index (χ0n) is 11.4. The van der Waals surface area contributed by atoms with E-state index >= 15 is 0 Å². The number of nitrogens with zero attached hydrogens (tertiary/aromatic N) is 4. The molecule has 0 bridgehead atoms. The van der Waals surface area contributed by atoms with Gasteiger partial charge in [0.25, 0.3) is 0 Å².